The summed E-state index contributed by atoms with van der Waals surface area (Å²) in [6.07, 6.45) is -0.711. The molecular formula is C6H13NO3. The molecule has 0 aliphatic carbocycles. The minimum absolute atomic E-state index is 0.167. The summed E-state index contributed by atoms with van der Waals surface area (Å²) in [7, 11) is 0. The number of primary amides is 1. The fourth-order valence-corrected chi connectivity index (χ4v) is 0.142. The van der Waals surface area contributed by atoms with Crippen molar-refractivity contribution in [2.75, 3.05) is 6.61 Å². The van der Waals surface area contributed by atoms with Gasteiger partial charge in [-0.1, -0.05) is 0 Å². The number of hydrogen-bond donors (Lipinski definition) is 1. The van der Waals surface area contributed by atoms with E-state index in [1.54, 1.807) is 6.92 Å². The summed E-state index contributed by atoms with van der Waals surface area (Å²) in [5, 5.41) is 0. The number of carbonyl (C=O) groups is 2. The number of Topliss-reactive ketones (excluding diaryl/α,β-unsaturated/α-hetero) is 1. The zero-order valence-corrected chi connectivity index (χ0v) is 6.51. The Morgan fingerprint density at radius 2 is 1.70 bits per heavy atom. The van der Waals surface area contributed by atoms with Gasteiger partial charge in [0.2, 0.25) is 0 Å². The molecule has 2 N–H and O–H groups in total. The second-order valence-electron chi connectivity index (χ2n) is 1.66. The molecule has 0 aromatic rings. The largest absolute Gasteiger partial charge is 0.450 e. The highest BCUT2D eigenvalue weighted by atomic mass is 16.5. The number of carbonyl (C=O) groups excluding carboxylic acids is 2. The molecule has 0 aliphatic heterocycles. The molecule has 0 spiro atoms. The van der Waals surface area contributed by atoms with E-state index < -0.39 is 6.09 Å². The van der Waals surface area contributed by atoms with Crippen molar-refractivity contribution in [1.82, 2.24) is 0 Å². The summed E-state index contributed by atoms with van der Waals surface area (Å²) in [5.74, 6) is 0.167. The summed E-state index contributed by atoms with van der Waals surface area (Å²) in [6, 6.07) is 0. The van der Waals surface area contributed by atoms with Crippen LogP contribution in [0.2, 0.25) is 0 Å². The number of rotatable bonds is 1. The van der Waals surface area contributed by atoms with Crippen molar-refractivity contribution in [1.29, 1.82) is 0 Å². The SMILES string of the molecule is CC(C)=O.CCOC(N)=O. The van der Waals surface area contributed by atoms with Crippen LogP contribution >= 0.6 is 0 Å². The molecule has 4 heteroatoms. The number of hydrogen-bond acceptors (Lipinski definition) is 3. The highest BCUT2D eigenvalue weighted by Crippen LogP contribution is 1.66. The Hall–Kier alpha value is -1.06. The zero-order chi connectivity index (χ0) is 8.57. The lowest BCUT2D eigenvalue weighted by atomic mass is 10.6. The van der Waals surface area contributed by atoms with E-state index in [0.717, 1.165) is 0 Å². The molecular weight excluding hydrogens is 134 g/mol. The van der Waals surface area contributed by atoms with Crippen LogP contribution in [0.1, 0.15) is 20.8 Å². The highest BCUT2D eigenvalue weighted by molar-refractivity contribution is 5.72. The maximum atomic E-state index is 9.60. The lowest BCUT2D eigenvalue weighted by Crippen LogP contribution is -2.11. The van der Waals surface area contributed by atoms with E-state index in [4.69, 9.17) is 0 Å². The predicted octanol–water partition coefficient (Wildman–Crippen LogP) is 0.697. The lowest BCUT2D eigenvalue weighted by molar-refractivity contribution is -0.114. The van der Waals surface area contributed by atoms with E-state index in [2.05, 4.69) is 10.5 Å². The normalized spacial score (nSPS) is 7.10. The van der Waals surface area contributed by atoms with Gasteiger partial charge in [-0.3, -0.25) is 0 Å². The van der Waals surface area contributed by atoms with E-state index in [1.807, 2.05) is 0 Å². The van der Waals surface area contributed by atoms with Crippen LogP contribution in [-0.4, -0.2) is 18.5 Å². The van der Waals surface area contributed by atoms with Crippen LogP contribution in [-0.2, 0) is 9.53 Å². The first-order valence-corrected chi connectivity index (χ1v) is 2.90. The Kier molecular flexibility index (Phi) is 9.29. The van der Waals surface area contributed by atoms with Gasteiger partial charge >= 0.3 is 6.09 Å². The quantitative estimate of drug-likeness (QED) is 0.593. The molecule has 0 aliphatic rings. The van der Waals surface area contributed by atoms with Gasteiger partial charge in [-0.15, -0.1) is 0 Å². The average Bonchev–Trinajstić information content (AvgIpc) is 1.62. The minimum atomic E-state index is -0.711. The van der Waals surface area contributed by atoms with Crippen LogP contribution in [0, 0.1) is 0 Å². The van der Waals surface area contributed by atoms with Crippen LogP contribution in [0.3, 0.4) is 0 Å². The molecule has 4 nitrogen and oxygen atoms in total. The molecule has 0 heterocycles. The van der Waals surface area contributed by atoms with Gasteiger partial charge in [0, 0.05) is 0 Å². The second-order valence-corrected chi connectivity index (χ2v) is 1.66. The Morgan fingerprint density at radius 1 is 1.40 bits per heavy atom. The summed E-state index contributed by atoms with van der Waals surface area (Å²) >= 11 is 0. The average molecular weight is 147 g/mol. The maximum Gasteiger partial charge on any atom is 0.404 e. The third-order valence-electron chi connectivity index (χ3n) is 0.287. The Labute approximate surface area is 60.3 Å². The monoisotopic (exact) mass is 147 g/mol. The number of ketones is 1. The molecule has 0 bridgehead atoms. The Balaban J connectivity index is 0. The van der Waals surface area contributed by atoms with Crippen LogP contribution in [0.5, 0.6) is 0 Å². The summed E-state index contributed by atoms with van der Waals surface area (Å²) in [4.78, 5) is 19.0. The topological polar surface area (TPSA) is 69.4 Å². The summed E-state index contributed by atoms with van der Waals surface area (Å²) in [5.41, 5.74) is 4.54. The molecule has 0 saturated carbocycles. The number of amides is 1. The smallest absolute Gasteiger partial charge is 0.404 e. The van der Waals surface area contributed by atoms with Gasteiger partial charge in [0.1, 0.15) is 5.78 Å². The molecule has 0 saturated heterocycles. The van der Waals surface area contributed by atoms with Gasteiger partial charge in [0.15, 0.2) is 0 Å². The second kappa shape index (κ2) is 7.94. The first-order chi connectivity index (χ1) is 4.50. The molecule has 60 valence electrons. The van der Waals surface area contributed by atoms with Gasteiger partial charge < -0.3 is 15.3 Å². The number of nitrogens with two attached hydrogens (primary N) is 1. The van der Waals surface area contributed by atoms with E-state index >= 15 is 0 Å². The van der Waals surface area contributed by atoms with Gasteiger partial charge in [-0.05, 0) is 20.8 Å². The van der Waals surface area contributed by atoms with Gasteiger partial charge in [-0.25, -0.2) is 4.79 Å². The van der Waals surface area contributed by atoms with Crippen LogP contribution in [0.4, 0.5) is 4.79 Å². The molecule has 0 unspecified atom stereocenters. The van der Waals surface area contributed by atoms with E-state index in [1.165, 1.54) is 13.8 Å². The van der Waals surface area contributed by atoms with Crippen molar-refractivity contribution in [2.45, 2.75) is 20.8 Å². The molecule has 0 atom stereocenters. The summed E-state index contributed by atoms with van der Waals surface area (Å²) < 4.78 is 4.18. The van der Waals surface area contributed by atoms with Crippen molar-refractivity contribution in [2.24, 2.45) is 5.73 Å². The third kappa shape index (κ3) is 65.1. The Bertz CT molecular complexity index is 108. The van der Waals surface area contributed by atoms with Crippen molar-refractivity contribution < 1.29 is 14.3 Å². The van der Waals surface area contributed by atoms with Crippen molar-refractivity contribution in [3.8, 4) is 0 Å². The van der Waals surface area contributed by atoms with Crippen LogP contribution < -0.4 is 5.73 Å². The molecule has 1 amide bonds. The van der Waals surface area contributed by atoms with E-state index in [9.17, 15) is 9.59 Å². The fraction of sp³-hybridized carbons (Fsp3) is 0.667. The minimum Gasteiger partial charge on any atom is -0.450 e. The first kappa shape index (κ1) is 11.7. The zero-order valence-electron chi connectivity index (χ0n) is 6.51. The van der Waals surface area contributed by atoms with Gasteiger partial charge in [0.05, 0.1) is 6.61 Å². The van der Waals surface area contributed by atoms with E-state index in [-0.39, 0.29) is 5.78 Å². The first-order valence-electron chi connectivity index (χ1n) is 2.90. The molecule has 0 aromatic heterocycles. The number of ether oxygens (including phenoxy) is 1. The molecule has 0 aromatic carbocycles. The molecule has 0 fully saturated rings. The van der Waals surface area contributed by atoms with Crippen molar-refractivity contribution >= 4 is 11.9 Å². The van der Waals surface area contributed by atoms with Crippen LogP contribution in [0.15, 0.2) is 0 Å². The molecule has 10 heavy (non-hydrogen) atoms. The van der Waals surface area contributed by atoms with Crippen molar-refractivity contribution in [3.05, 3.63) is 0 Å². The van der Waals surface area contributed by atoms with Crippen molar-refractivity contribution in [3.63, 3.8) is 0 Å². The van der Waals surface area contributed by atoms with Gasteiger partial charge in [0.25, 0.3) is 0 Å². The fourth-order valence-electron chi connectivity index (χ4n) is 0.142. The molecule has 0 rings (SSSR count). The van der Waals surface area contributed by atoms with Gasteiger partial charge in [-0.2, -0.15) is 0 Å². The lowest BCUT2D eigenvalue weighted by Gasteiger charge is -1.89. The third-order valence-corrected chi connectivity index (χ3v) is 0.287. The Morgan fingerprint density at radius 3 is 1.70 bits per heavy atom. The van der Waals surface area contributed by atoms with Crippen LogP contribution in [0.25, 0.3) is 0 Å². The summed E-state index contributed by atoms with van der Waals surface area (Å²) in [6.45, 7) is 5.11. The maximum absolute atomic E-state index is 9.60. The highest BCUT2D eigenvalue weighted by Gasteiger charge is 1.82. The predicted molar refractivity (Wildman–Crippen MR) is 37.6 cm³/mol. The molecule has 0 radical (unpaired) electrons. The van der Waals surface area contributed by atoms with E-state index in [0.29, 0.717) is 6.61 Å². The standard InChI is InChI=1S/C3H7NO2.C3H6O/c1-2-6-3(4)5;1-3(2)4/h2H2,1H3,(H2,4,5);1-2H3.